The Morgan fingerprint density at radius 1 is 1.53 bits per heavy atom. The van der Waals surface area contributed by atoms with Gasteiger partial charge >= 0.3 is 0 Å². The SMILES string of the molecule is O=C(NCC1(C2CC2)CC1)c1ccnc(Cl)c1. The van der Waals surface area contributed by atoms with E-state index in [4.69, 9.17) is 11.6 Å². The quantitative estimate of drug-likeness (QED) is 0.835. The van der Waals surface area contributed by atoms with E-state index in [0.29, 0.717) is 16.1 Å². The third-order valence-electron chi connectivity index (χ3n) is 3.93. The van der Waals surface area contributed by atoms with E-state index in [1.165, 1.54) is 25.7 Å². The molecular formula is C13H15ClN2O. The largest absolute Gasteiger partial charge is 0.351 e. The van der Waals surface area contributed by atoms with Crippen LogP contribution in [0.1, 0.15) is 36.0 Å². The number of nitrogens with zero attached hydrogens (tertiary/aromatic N) is 1. The number of hydrogen-bond donors (Lipinski definition) is 1. The number of rotatable bonds is 4. The molecule has 1 N–H and O–H groups in total. The van der Waals surface area contributed by atoms with Crippen LogP contribution in [0.3, 0.4) is 0 Å². The van der Waals surface area contributed by atoms with E-state index in [9.17, 15) is 4.79 Å². The van der Waals surface area contributed by atoms with Crippen molar-refractivity contribution in [3.05, 3.63) is 29.0 Å². The molecule has 90 valence electrons. The van der Waals surface area contributed by atoms with Crippen LogP contribution in [0.2, 0.25) is 5.15 Å². The first-order valence-corrected chi connectivity index (χ1v) is 6.47. The standard InChI is InChI=1S/C13H15ClN2O/c14-11-7-9(3-6-15-11)12(17)16-8-13(4-5-13)10-1-2-10/h3,6-7,10H,1-2,4-5,8H2,(H,16,17). The van der Waals surface area contributed by atoms with E-state index in [1.807, 2.05) is 0 Å². The number of carbonyl (C=O) groups is 1. The number of hydrogen-bond acceptors (Lipinski definition) is 2. The lowest BCUT2D eigenvalue weighted by Crippen LogP contribution is -2.31. The molecule has 4 heteroatoms. The maximum absolute atomic E-state index is 11.9. The molecule has 0 atom stereocenters. The van der Waals surface area contributed by atoms with Gasteiger partial charge in [0.05, 0.1) is 0 Å². The van der Waals surface area contributed by atoms with E-state index in [0.717, 1.165) is 12.5 Å². The summed E-state index contributed by atoms with van der Waals surface area (Å²) < 4.78 is 0. The summed E-state index contributed by atoms with van der Waals surface area (Å²) in [5.74, 6) is 0.824. The van der Waals surface area contributed by atoms with Crippen molar-refractivity contribution in [1.29, 1.82) is 0 Å². The van der Waals surface area contributed by atoms with Gasteiger partial charge < -0.3 is 5.32 Å². The molecule has 17 heavy (non-hydrogen) atoms. The Morgan fingerprint density at radius 3 is 2.88 bits per heavy atom. The van der Waals surface area contributed by atoms with E-state index >= 15 is 0 Å². The lowest BCUT2D eigenvalue weighted by molar-refractivity contribution is 0.0942. The Kier molecular flexibility index (Phi) is 2.58. The van der Waals surface area contributed by atoms with Crippen LogP contribution in [-0.4, -0.2) is 17.4 Å². The molecule has 3 rings (SSSR count). The fourth-order valence-electron chi connectivity index (χ4n) is 2.49. The van der Waals surface area contributed by atoms with Crippen molar-refractivity contribution in [1.82, 2.24) is 10.3 Å². The minimum absolute atomic E-state index is 0.0405. The summed E-state index contributed by atoms with van der Waals surface area (Å²) in [6.45, 7) is 0.816. The average molecular weight is 251 g/mol. The lowest BCUT2D eigenvalue weighted by Gasteiger charge is -2.14. The zero-order valence-electron chi connectivity index (χ0n) is 9.58. The maximum atomic E-state index is 11.9. The predicted octanol–water partition coefficient (Wildman–Crippen LogP) is 2.66. The van der Waals surface area contributed by atoms with Crippen LogP contribution >= 0.6 is 11.6 Å². The van der Waals surface area contributed by atoms with Crippen molar-refractivity contribution in [3.8, 4) is 0 Å². The van der Waals surface area contributed by atoms with E-state index < -0.39 is 0 Å². The third kappa shape index (κ3) is 2.29. The molecule has 1 heterocycles. The molecule has 0 saturated heterocycles. The molecule has 0 aromatic carbocycles. The molecule has 2 aliphatic rings. The van der Waals surface area contributed by atoms with Gasteiger partial charge in [-0.05, 0) is 49.1 Å². The highest BCUT2D eigenvalue weighted by molar-refractivity contribution is 6.29. The first-order valence-electron chi connectivity index (χ1n) is 6.09. The van der Waals surface area contributed by atoms with Crippen LogP contribution < -0.4 is 5.32 Å². The number of halogens is 1. The van der Waals surface area contributed by atoms with Gasteiger partial charge in [0.2, 0.25) is 0 Å². The van der Waals surface area contributed by atoms with Gasteiger partial charge in [-0.3, -0.25) is 4.79 Å². The molecule has 1 amide bonds. The van der Waals surface area contributed by atoms with Gasteiger partial charge in [-0.15, -0.1) is 0 Å². The Labute approximate surface area is 106 Å². The fourth-order valence-corrected chi connectivity index (χ4v) is 2.66. The first kappa shape index (κ1) is 11.0. The predicted molar refractivity (Wildman–Crippen MR) is 66.0 cm³/mol. The van der Waals surface area contributed by atoms with Crippen molar-refractivity contribution in [2.45, 2.75) is 25.7 Å². The van der Waals surface area contributed by atoms with Crippen molar-refractivity contribution in [2.24, 2.45) is 11.3 Å². The Balaban J connectivity index is 1.60. The first-order chi connectivity index (χ1) is 8.20. The average Bonchev–Trinajstić information content (AvgIpc) is 3.15. The molecule has 2 fully saturated rings. The smallest absolute Gasteiger partial charge is 0.251 e. The highest BCUT2D eigenvalue weighted by Crippen LogP contribution is 2.60. The molecule has 0 aliphatic heterocycles. The molecule has 3 nitrogen and oxygen atoms in total. The van der Waals surface area contributed by atoms with E-state index in [-0.39, 0.29) is 5.91 Å². The molecule has 1 aromatic rings. The van der Waals surface area contributed by atoms with Crippen LogP contribution in [0, 0.1) is 11.3 Å². The van der Waals surface area contributed by atoms with E-state index in [1.54, 1.807) is 18.3 Å². The number of carbonyl (C=O) groups excluding carboxylic acids is 1. The number of pyridine rings is 1. The molecule has 0 radical (unpaired) electrons. The summed E-state index contributed by atoms with van der Waals surface area (Å²) >= 11 is 5.76. The minimum Gasteiger partial charge on any atom is -0.351 e. The van der Waals surface area contributed by atoms with Gasteiger partial charge in [0.1, 0.15) is 5.15 Å². The Bertz CT molecular complexity index is 452. The fraction of sp³-hybridized carbons (Fsp3) is 0.538. The molecule has 1 aromatic heterocycles. The Morgan fingerprint density at radius 2 is 2.29 bits per heavy atom. The van der Waals surface area contributed by atoms with Crippen molar-refractivity contribution >= 4 is 17.5 Å². The summed E-state index contributed by atoms with van der Waals surface area (Å²) in [6, 6.07) is 3.30. The zero-order chi connectivity index (χ0) is 11.9. The zero-order valence-corrected chi connectivity index (χ0v) is 10.3. The van der Waals surface area contributed by atoms with E-state index in [2.05, 4.69) is 10.3 Å². The highest BCUT2D eigenvalue weighted by Gasteiger charge is 2.53. The minimum atomic E-state index is -0.0405. The molecule has 0 spiro atoms. The second kappa shape index (κ2) is 3.98. The highest BCUT2D eigenvalue weighted by atomic mass is 35.5. The summed E-state index contributed by atoms with van der Waals surface area (Å²) in [5.41, 5.74) is 1.03. The summed E-state index contributed by atoms with van der Waals surface area (Å²) in [5, 5.41) is 3.39. The Hall–Kier alpha value is -1.09. The normalized spacial score (nSPS) is 21.0. The van der Waals surface area contributed by atoms with Crippen LogP contribution in [0.5, 0.6) is 0 Å². The lowest BCUT2D eigenvalue weighted by atomic mass is 10.0. The maximum Gasteiger partial charge on any atom is 0.251 e. The third-order valence-corrected chi connectivity index (χ3v) is 4.13. The second-order valence-electron chi connectivity index (χ2n) is 5.19. The van der Waals surface area contributed by atoms with Crippen molar-refractivity contribution in [2.75, 3.05) is 6.54 Å². The summed E-state index contributed by atoms with van der Waals surface area (Å²) in [7, 11) is 0. The van der Waals surface area contributed by atoms with Gasteiger partial charge in [0.25, 0.3) is 5.91 Å². The number of nitrogens with one attached hydrogen (secondary N) is 1. The van der Waals surface area contributed by atoms with Crippen LogP contribution in [0.25, 0.3) is 0 Å². The van der Waals surface area contributed by atoms with Gasteiger partial charge in [0.15, 0.2) is 0 Å². The summed E-state index contributed by atoms with van der Waals surface area (Å²) in [4.78, 5) is 15.8. The second-order valence-corrected chi connectivity index (χ2v) is 5.57. The van der Waals surface area contributed by atoms with Crippen LogP contribution in [0.15, 0.2) is 18.3 Å². The molecule has 2 saturated carbocycles. The van der Waals surface area contributed by atoms with Crippen molar-refractivity contribution < 1.29 is 4.79 Å². The van der Waals surface area contributed by atoms with Crippen molar-refractivity contribution in [3.63, 3.8) is 0 Å². The number of aromatic nitrogens is 1. The molecular weight excluding hydrogens is 236 g/mol. The molecule has 2 aliphatic carbocycles. The molecule has 0 unspecified atom stereocenters. The van der Waals surface area contributed by atoms with Gasteiger partial charge in [-0.2, -0.15) is 0 Å². The monoisotopic (exact) mass is 250 g/mol. The number of amides is 1. The van der Waals surface area contributed by atoms with Crippen LogP contribution in [0.4, 0.5) is 0 Å². The summed E-state index contributed by atoms with van der Waals surface area (Å²) in [6.07, 6.45) is 6.79. The van der Waals surface area contributed by atoms with Crippen LogP contribution in [-0.2, 0) is 0 Å². The molecule has 0 bridgehead atoms. The van der Waals surface area contributed by atoms with Gasteiger partial charge in [-0.25, -0.2) is 4.98 Å². The van der Waals surface area contributed by atoms with Gasteiger partial charge in [0, 0.05) is 18.3 Å². The topological polar surface area (TPSA) is 42.0 Å². The van der Waals surface area contributed by atoms with Gasteiger partial charge in [-0.1, -0.05) is 11.6 Å².